The molecule has 0 amide bonds. The summed E-state index contributed by atoms with van der Waals surface area (Å²) in [7, 11) is 0. The van der Waals surface area contributed by atoms with Gasteiger partial charge in [-0.3, -0.25) is 10.6 Å². The van der Waals surface area contributed by atoms with E-state index in [0.717, 1.165) is 0 Å². The van der Waals surface area contributed by atoms with Gasteiger partial charge in [0.1, 0.15) is 0 Å². The lowest BCUT2D eigenvalue weighted by molar-refractivity contribution is 0.143. The monoisotopic (exact) mass is 254 g/mol. The Morgan fingerprint density at radius 3 is 1.67 bits per heavy atom. The molecule has 0 saturated heterocycles. The molecule has 2 N–H and O–H groups in total. The fourth-order valence-electron chi connectivity index (χ4n) is 3.44. The minimum absolute atomic E-state index is 0.224. The summed E-state index contributed by atoms with van der Waals surface area (Å²) in [5.74, 6) is 0. The zero-order chi connectivity index (χ0) is 13.4. The van der Waals surface area contributed by atoms with Crippen molar-refractivity contribution in [3.05, 3.63) is 0 Å². The van der Waals surface area contributed by atoms with E-state index in [4.69, 9.17) is 0 Å². The predicted octanol–water partition coefficient (Wildman–Crippen LogP) is 4.20. The minimum Gasteiger partial charge on any atom is -0.297 e. The van der Waals surface area contributed by atoms with Crippen LogP contribution in [0.3, 0.4) is 0 Å². The summed E-state index contributed by atoms with van der Waals surface area (Å²) >= 11 is 0. The molecular formula is C16H34N2. The van der Waals surface area contributed by atoms with Crippen LogP contribution in [0.4, 0.5) is 0 Å². The maximum atomic E-state index is 3.91. The Labute approximate surface area is 114 Å². The molecule has 0 heterocycles. The molecule has 1 fully saturated rings. The van der Waals surface area contributed by atoms with Crippen LogP contribution in [0.5, 0.6) is 0 Å². The van der Waals surface area contributed by atoms with Gasteiger partial charge in [-0.2, -0.15) is 0 Å². The third kappa shape index (κ3) is 5.27. The molecule has 2 heteroatoms. The molecule has 18 heavy (non-hydrogen) atoms. The normalized spacial score (nSPS) is 22.7. The van der Waals surface area contributed by atoms with Gasteiger partial charge in [0.2, 0.25) is 0 Å². The second-order valence-corrected chi connectivity index (χ2v) is 6.31. The quantitative estimate of drug-likeness (QED) is 0.634. The maximum Gasteiger partial charge on any atom is 0.0691 e. The van der Waals surface area contributed by atoms with Gasteiger partial charge in [0, 0.05) is 12.1 Å². The maximum absolute atomic E-state index is 3.91. The van der Waals surface area contributed by atoms with E-state index < -0.39 is 0 Å². The molecule has 2 unspecified atom stereocenters. The van der Waals surface area contributed by atoms with E-state index in [1.807, 2.05) is 0 Å². The first-order chi connectivity index (χ1) is 8.62. The lowest BCUT2D eigenvalue weighted by Crippen LogP contribution is -2.62. The van der Waals surface area contributed by atoms with E-state index >= 15 is 0 Å². The molecule has 1 rings (SSSR count). The molecule has 2 nitrogen and oxygen atoms in total. The lowest BCUT2D eigenvalue weighted by atomic mass is 9.87. The topological polar surface area (TPSA) is 24.1 Å². The molecular weight excluding hydrogens is 220 g/mol. The van der Waals surface area contributed by atoms with Gasteiger partial charge in [-0.15, -0.1) is 0 Å². The van der Waals surface area contributed by atoms with Crippen LogP contribution in [0.25, 0.3) is 0 Å². The van der Waals surface area contributed by atoms with E-state index in [9.17, 15) is 0 Å². The molecule has 0 aromatic carbocycles. The van der Waals surface area contributed by atoms with Gasteiger partial charge in [0.25, 0.3) is 0 Å². The van der Waals surface area contributed by atoms with Crippen LogP contribution in [0.15, 0.2) is 0 Å². The van der Waals surface area contributed by atoms with Crippen molar-refractivity contribution in [2.75, 3.05) is 0 Å². The first kappa shape index (κ1) is 16.0. The highest BCUT2D eigenvalue weighted by molar-refractivity contribution is 4.91. The van der Waals surface area contributed by atoms with Crippen LogP contribution in [0.1, 0.15) is 85.5 Å². The standard InChI is InChI=1S/C16H34N2/c1-5-10-14(3)17-16(12-8-7-9-13-16)18-15(4)11-6-2/h14-15,17-18H,5-13H2,1-4H3. The summed E-state index contributed by atoms with van der Waals surface area (Å²) in [6.07, 6.45) is 11.9. The van der Waals surface area contributed by atoms with Crippen molar-refractivity contribution in [3.63, 3.8) is 0 Å². The second kappa shape index (κ2) is 8.16. The highest BCUT2D eigenvalue weighted by Crippen LogP contribution is 2.27. The summed E-state index contributed by atoms with van der Waals surface area (Å²) in [4.78, 5) is 0. The summed E-state index contributed by atoms with van der Waals surface area (Å²) in [5, 5.41) is 7.82. The Hall–Kier alpha value is -0.0800. The third-order valence-electron chi connectivity index (χ3n) is 4.20. The SMILES string of the molecule is CCCC(C)NC1(NC(C)CCC)CCCCC1. The van der Waals surface area contributed by atoms with Crippen LogP contribution in [-0.2, 0) is 0 Å². The summed E-state index contributed by atoms with van der Waals surface area (Å²) in [5.41, 5.74) is 0.224. The predicted molar refractivity (Wildman–Crippen MR) is 80.8 cm³/mol. The molecule has 0 aliphatic heterocycles. The first-order valence-corrected chi connectivity index (χ1v) is 8.17. The molecule has 1 saturated carbocycles. The Kier molecular flexibility index (Phi) is 7.25. The Balaban J connectivity index is 2.56. The molecule has 0 aromatic rings. The Bertz CT molecular complexity index is 193. The Morgan fingerprint density at radius 2 is 1.28 bits per heavy atom. The van der Waals surface area contributed by atoms with Crippen LogP contribution < -0.4 is 10.6 Å². The van der Waals surface area contributed by atoms with Gasteiger partial charge in [-0.05, 0) is 39.5 Å². The van der Waals surface area contributed by atoms with Crippen molar-refractivity contribution in [2.24, 2.45) is 0 Å². The van der Waals surface area contributed by atoms with Gasteiger partial charge in [-0.25, -0.2) is 0 Å². The fraction of sp³-hybridized carbons (Fsp3) is 1.00. The average Bonchev–Trinajstić information content (AvgIpc) is 2.30. The van der Waals surface area contributed by atoms with Crippen LogP contribution >= 0.6 is 0 Å². The van der Waals surface area contributed by atoms with E-state index in [-0.39, 0.29) is 5.66 Å². The zero-order valence-corrected chi connectivity index (χ0v) is 13.0. The van der Waals surface area contributed by atoms with Crippen molar-refractivity contribution in [1.29, 1.82) is 0 Å². The fourth-order valence-corrected chi connectivity index (χ4v) is 3.44. The van der Waals surface area contributed by atoms with Gasteiger partial charge in [-0.1, -0.05) is 46.0 Å². The van der Waals surface area contributed by atoms with Gasteiger partial charge in [0.05, 0.1) is 5.66 Å². The molecule has 1 aliphatic rings. The van der Waals surface area contributed by atoms with Crippen LogP contribution in [0.2, 0.25) is 0 Å². The molecule has 0 spiro atoms. The molecule has 0 aromatic heterocycles. The zero-order valence-electron chi connectivity index (χ0n) is 13.0. The largest absolute Gasteiger partial charge is 0.297 e. The average molecular weight is 254 g/mol. The van der Waals surface area contributed by atoms with E-state index in [1.54, 1.807) is 0 Å². The molecule has 0 bridgehead atoms. The summed E-state index contributed by atoms with van der Waals surface area (Å²) in [6.45, 7) is 9.23. The van der Waals surface area contributed by atoms with E-state index in [1.165, 1.54) is 57.8 Å². The summed E-state index contributed by atoms with van der Waals surface area (Å²) < 4.78 is 0. The number of hydrogen-bond acceptors (Lipinski definition) is 2. The minimum atomic E-state index is 0.224. The molecule has 0 radical (unpaired) electrons. The summed E-state index contributed by atoms with van der Waals surface area (Å²) in [6, 6.07) is 1.27. The van der Waals surface area contributed by atoms with Gasteiger partial charge in [0.15, 0.2) is 0 Å². The number of hydrogen-bond donors (Lipinski definition) is 2. The van der Waals surface area contributed by atoms with Gasteiger partial charge >= 0.3 is 0 Å². The molecule has 1 aliphatic carbocycles. The second-order valence-electron chi connectivity index (χ2n) is 6.31. The molecule has 2 atom stereocenters. The molecule has 108 valence electrons. The lowest BCUT2D eigenvalue weighted by Gasteiger charge is -2.43. The van der Waals surface area contributed by atoms with Crippen molar-refractivity contribution in [2.45, 2.75) is 103 Å². The van der Waals surface area contributed by atoms with Crippen LogP contribution in [-0.4, -0.2) is 17.7 Å². The van der Waals surface area contributed by atoms with Crippen molar-refractivity contribution in [1.82, 2.24) is 10.6 Å². The van der Waals surface area contributed by atoms with E-state index in [2.05, 4.69) is 38.3 Å². The number of rotatable bonds is 8. The highest BCUT2D eigenvalue weighted by Gasteiger charge is 2.33. The van der Waals surface area contributed by atoms with E-state index in [0.29, 0.717) is 12.1 Å². The smallest absolute Gasteiger partial charge is 0.0691 e. The van der Waals surface area contributed by atoms with Crippen molar-refractivity contribution >= 4 is 0 Å². The van der Waals surface area contributed by atoms with Crippen molar-refractivity contribution in [3.8, 4) is 0 Å². The van der Waals surface area contributed by atoms with Gasteiger partial charge < -0.3 is 0 Å². The van der Waals surface area contributed by atoms with Crippen LogP contribution in [0, 0.1) is 0 Å². The number of nitrogens with one attached hydrogen (secondary N) is 2. The van der Waals surface area contributed by atoms with Crippen molar-refractivity contribution < 1.29 is 0 Å². The Morgan fingerprint density at radius 1 is 0.833 bits per heavy atom. The first-order valence-electron chi connectivity index (χ1n) is 8.17. The highest BCUT2D eigenvalue weighted by atomic mass is 15.2. The third-order valence-corrected chi connectivity index (χ3v) is 4.20.